The van der Waals surface area contributed by atoms with E-state index in [0.717, 1.165) is 42.5 Å². The van der Waals surface area contributed by atoms with Gasteiger partial charge < -0.3 is 9.64 Å². The van der Waals surface area contributed by atoms with Gasteiger partial charge in [-0.2, -0.15) is 0 Å². The van der Waals surface area contributed by atoms with Crippen molar-refractivity contribution in [1.29, 1.82) is 0 Å². The summed E-state index contributed by atoms with van der Waals surface area (Å²) in [5.74, 6) is 0.0151. The number of aryl methyl sites for hydroxylation is 1. The number of hydrogen-bond donors (Lipinski definition) is 0. The first-order valence-electron chi connectivity index (χ1n) is 7.96. The molecular formula is C18H22N2O2. The van der Waals surface area contributed by atoms with Gasteiger partial charge in [0.05, 0.1) is 18.0 Å². The highest BCUT2D eigenvalue weighted by atomic mass is 16.5. The fourth-order valence-corrected chi connectivity index (χ4v) is 3.05. The van der Waals surface area contributed by atoms with E-state index in [4.69, 9.17) is 4.74 Å². The van der Waals surface area contributed by atoms with Crippen LogP contribution in [0, 0.1) is 12.8 Å². The molecule has 0 N–H and O–H groups in total. The van der Waals surface area contributed by atoms with Crippen molar-refractivity contribution in [3.63, 3.8) is 0 Å². The molecule has 1 aliphatic heterocycles. The first kappa shape index (κ1) is 14.8. The number of ether oxygens (including phenoxy) is 1. The van der Waals surface area contributed by atoms with E-state index in [1.165, 1.54) is 5.69 Å². The van der Waals surface area contributed by atoms with E-state index in [1.54, 1.807) is 0 Å². The first-order chi connectivity index (χ1) is 10.7. The molecule has 2 aromatic rings. The monoisotopic (exact) mass is 298 g/mol. The number of piperidine rings is 1. The van der Waals surface area contributed by atoms with Crippen molar-refractivity contribution in [1.82, 2.24) is 4.98 Å². The third-order valence-corrected chi connectivity index (χ3v) is 4.29. The number of rotatable bonds is 3. The molecule has 4 nitrogen and oxygen atoms in total. The van der Waals surface area contributed by atoms with Gasteiger partial charge in [-0.3, -0.25) is 9.78 Å². The number of fused-ring (bicyclic) bond motifs is 1. The number of carbonyl (C=O) groups is 1. The molecule has 1 aromatic carbocycles. The van der Waals surface area contributed by atoms with E-state index >= 15 is 0 Å². The van der Waals surface area contributed by atoms with Crippen LogP contribution in [0.4, 0.5) is 5.69 Å². The summed E-state index contributed by atoms with van der Waals surface area (Å²) in [6.07, 6.45) is 1.73. The summed E-state index contributed by atoms with van der Waals surface area (Å²) in [5, 5.41) is 1.16. The van der Waals surface area contributed by atoms with Crippen molar-refractivity contribution < 1.29 is 9.53 Å². The molecule has 1 saturated heterocycles. The standard InChI is InChI=1S/C18H22N2O2/c1-3-22-18(21)14-8-10-20(11-9-14)16-6-7-17-15(12-16)5-4-13(2)19-17/h4-7,12,14H,3,8-11H2,1-2H3. The van der Waals surface area contributed by atoms with Crippen molar-refractivity contribution in [2.75, 3.05) is 24.6 Å². The quantitative estimate of drug-likeness (QED) is 0.815. The van der Waals surface area contributed by atoms with Crippen LogP contribution in [0.15, 0.2) is 30.3 Å². The van der Waals surface area contributed by atoms with Crippen molar-refractivity contribution in [3.8, 4) is 0 Å². The van der Waals surface area contributed by atoms with Crippen molar-refractivity contribution >= 4 is 22.6 Å². The van der Waals surface area contributed by atoms with Gasteiger partial charge in [-0.25, -0.2) is 0 Å². The molecule has 0 aliphatic carbocycles. The van der Waals surface area contributed by atoms with Crippen LogP contribution in [0.1, 0.15) is 25.5 Å². The molecule has 0 saturated carbocycles. The minimum Gasteiger partial charge on any atom is -0.466 e. The zero-order valence-electron chi connectivity index (χ0n) is 13.2. The van der Waals surface area contributed by atoms with Crippen LogP contribution in [0.3, 0.4) is 0 Å². The van der Waals surface area contributed by atoms with Gasteiger partial charge in [0.2, 0.25) is 0 Å². The molecule has 3 rings (SSSR count). The lowest BCUT2D eigenvalue weighted by Gasteiger charge is -2.32. The SMILES string of the molecule is CCOC(=O)C1CCN(c2ccc3nc(C)ccc3c2)CC1. The average Bonchev–Trinajstić information content (AvgIpc) is 2.55. The minimum absolute atomic E-state index is 0.0414. The van der Waals surface area contributed by atoms with Gasteiger partial charge in [-0.15, -0.1) is 0 Å². The molecule has 2 heterocycles. The minimum atomic E-state index is -0.0414. The highest BCUT2D eigenvalue weighted by Crippen LogP contribution is 2.26. The van der Waals surface area contributed by atoms with Crippen LogP contribution in [0.25, 0.3) is 10.9 Å². The summed E-state index contributed by atoms with van der Waals surface area (Å²) in [4.78, 5) is 18.7. The fraction of sp³-hybridized carbons (Fsp3) is 0.444. The number of pyridine rings is 1. The van der Waals surface area contributed by atoms with Crippen molar-refractivity contribution in [3.05, 3.63) is 36.0 Å². The second-order valence-corrected chi connectivity index (χ2v) is 5.84. The second kappa shape index (κ2) is 6.34. The Bertz CT molecular complexity index is 676. The average molecular weight is 298 g/mol. The first-order valence-corrected chi connectivity index (χ1v) is 7.96. The van der Waals surface area contributed by atoms with Crippen LogP contribution in [-0.2, 0) is 9.53 Å². The van der Waals surface area contributed by atoms with Crippen molar-refractivity contribution in [2.24, 2.45) is 5.92 Å². The Kier molecular flexibility index (Phi) is 4.27. The molecule has 0 bridgehead atoms. The molecular weight excluding hydrogens is 276 g/mol. The summed E-state index contributed by atoms with van der Waals surface area (Å²) < 4.78 is 5.13. The van der Waals surface area contributed by atoms with Gasteiger partial charge in [-0.1, -0.05) is 6.07 Å². The maximum absolute atomic E-state index is 11.8. The zero-order valence-corrected chi connectivity index (χ0v) is 13.2. The number of anilines is 1. The summed E-state index contributed by atoms with van der Waals surface area (Å²) >= 11 is 0. The van der Waals surface area contributed by atoms with Gasteiger partial charge >= 0.3 is 5.97 Å². The molecule has 4 heteroatoms. The molecule has 0 unspecified atom stereocenters. The highest BCUT2D eigenvalue weighted by molar-refractivity contribution is 5.83. The highest BCUT2D eigenvalue weighted by Gasteiger charge is 2.26. The fourth-order valence-electron chi connectivity index (χ4n) is 3.05. The van der Waals surface area contributed by atoms with Gasteiger partial charge in [0.1, 0.15) is 0 Å². The molecule has 0 spiro atoms. The maximum Gasteiger partial charge on any atom is 0.309 e. The molecule has 1 aliphatic rings. The van der Waals surface area contributed by atoms with E-state index in [9.17, 15) is 4.79 Å². The Hall–Kier alpha value is -2.10. The van der Waals surface area contributed by atoms with E-state index in [0.29, 0.717) is 6.61 Å². The number of esters is 1. The maximum atomic E-state index is 11.8. The van der Waals surface area contributed by atoms with Gasteiger partial charge in [0.25, 0.3) is 0 Å². The predicted molar refractivity (Wildman–Crippen MR) is 88.1 cm³/mol. The largest absolute Gasteiger partial charge is 0.466 e. The molecule has 116 valence electrons. The Morgan fingerprint density at radius 3 is 2.77 bits per heavy atom. The molecule has 1 fully saturated rings. The Morgan fingerprint density at radius 1 is 1.27 bits per heavy atom. The molecule has 0 atom stereocenters. The smallest absolute Gasteiger partial charge is 0.309 e. The van der Waals surface area contributed by atoms with E-state index in [2.05, 4.69) is 34.1 Å². The van der Waals surface area contributed by atoms with E-state index < -0.39 is 0 Å². The summed E-state index contributed by atoms with van der Waals surface area (Å²) in [5.41, 5.74) is 3.28. The molecule has 0 radical (unpaired) electrons. The zero-order chi connectivity index (χ0) is 15.5. The normalized spacial score (nSPS) is 16.0. The molecule has 1 aromatic heterocycles. The third-order valence-electron chi connectivity index (χ3n) is 4.29. The lowest BCUT2D eigenvalue weighted by Crippen LogP contribution is -2.36. The number of nitrogens with zero attached hydrogens (tertiary/aromatic N) is 2. The predicted octanol–water partition coefficient (Wildman–Crippen LogP) is 3.32. The number of aromatic nitrogens is 1. The van der Waals surface area contributed by atoms with Crippen LogP contribution >= 0.6 is 0 Å². The summed E-state index contributed by atoms with van der Waals surface area (Å²) in [6, 6.07) is 10.5. The lowest BCUT2D eigenvalue weighted by molar-refractivity contribution is -0.148. The Morgan fingerprint density at radius 2 is 2.05 bits per heavy atom. The van der Waals surface area contributed by atoms with Crippen molar-refractivity contribution in [2.45, 2.75) is 26.7 Å². The molecule has 0 amide bonds. The summed E-state index contributed by atoms with van der Waals surface area (Å²) in [7, 11) is 0. The van der Waals surface area contributed by atoms with Crippen LogP contribution < -0.4 is 4.90 Å². The topological polar surface area (TPSA) is 42.4 Å². The number of hydrogen-bond acceptors (Lipinski definition) is 4. The van der Waals surface area contributed by atoms with E-state index in [1.807, 2.05) is 19.9 Å². The van der Waals surface area contributed by atoms with E-state index in [-0.39, 0.29) is 11.9 Å². The number of benzene rings is 1. The van der Waals surface area contributed by atoms with Gasteiger partial charge in [-0.05, 0) is 51.0 Å². The third kappa shape index (κ3) is 3.06. The van der Waals surface area contributed by atoms with Gasteiger partial charge in [0, 0.05) is 29.9 Å². The van der Waals surface area contributed by atoms with Crippen LogP contribution in [0.5, 0.6) is 0 Å². The van der Waals surface area contributed by atoms with Crippen LogP contribution in [0.2, 0.25) is 0 Å². The number of carbonyl (C=O) groups excluding carboxylic acids is 1. The van der Waals surface area contributed by atoms with Gasteiger partial charge in [0.15, 0.2) is 0 Å². The van der Waals surface area contributed by atoms with Crippen LogP contribution in [-0.4, -0.2) is 30.6 Å². The second-order valence-electron chi connectivity index (χ2n) is 5.84. The Balaban J connectivity index is 1.71. The lowest BCUT2D eigenvalue weighted by atomic mass is 9.96. The molecule has 22 heavy (non-hydrogen) atoms. The Labute approximate surface area is 131 Å². The summed E-state index contributed by atoms with van der Waals surface area (Å²) in [6.45, 7) is 6.13.